The lowest BCUT2D eigenvalue weighted by Gasteiger charge is -2.08. The third-order valence-corrected chi connectivity index (χ3v) is 3.02. The zero-order chi connectivity index (χ0) is 14.5. The second kappa shape index (κ2) is 6.21. The van der Waals surface area contributed by atoms with E-state index in [0.29, 0.717) is 18.7 Å². The minimum Gasteiger partial charge on any atom is -0.309 e. The summed E-state index contributed by atoms with van der Waals surface area (Å²) in [5.74, 6) is -0.379. The summed E-state index contributed by atoms with van der Waals surface area (Å²) in [5, 5.41) is 14.0. The van der Waals surface area contributed by atoms with Crippen LogP contribution >= 0.6 is 0 Å². The first-order chi connectivity index (χ1) is 9.58. The average molecular weight is 275 g/mol. The van der Waals surface area contributed by atoms with Gasteiger partial charge in [-0.05, 0) is 24.1 Å². The highest BCUT2D eigenvalue weighted by molar-refractivity contribution is 5.44. The average Bonchev–Trinajstić information content (AvgIpc) is 2.40. The van der Waals surface area contributed by atoms with E-state index in [9.17, 15) is 14.5 Å². The fourth-order valence-corrected chi connectivity index (χ4v) is 1.95. The van der Waals surface area contributed by atoms with Gasteiger partial charge in [-0.25, -0.2) is 4.39 Å². The van der Waals surface area contributed by atoms with Crippen molar-refractivity contribution in [3.05, 3.63) is 69.3 Å². The molecular weight excluding hydrogens is 261 g/mol. The van der Waals surface area contributed by atoms with Gasteiger partial charge in [0.1, 0.15) is 5.82 Å². The summed E-state index contributed by atoms with van der Waals surface area (Å²) in [5.41, 5.74) is 2.33. The number of nitrogens with one attached hydrogen (secondary N) is 1. The smallest absolute Gasteiger partial charge is 0.272 e. The van der Waals surface area contributed by atoms with Crippen molar-refractivity contribution in [2.45, 2.75) is 20.0 Å². The molecule has 0 saturated carbocycles. The van der Waals surface area contributed by atoms with E-state index in [2.05, 4.69) is 10.3 Å². The van der Waals surface area contributed by atoms with Crippen LogP contribution in [0.3, 0.4) is 0 Å². The van der Waals surface area contributed by atoms with Crippen molar-refractivity contribution >= 4 is 5.69 Å². The molecule has 2 aromatic rings. The molecule has 0 aliphatic carbocycles. The molecule has 0 saturated heterocycles. The number of hydrogen-bond acceptors (Lipinski definition) is 4. The third kappa shape index (κ3) is 3.36. The normalized spacial score (nSPS) is 10.5. The Hall–Kier alpha value is -2.34. The maximum Gasteiger partial charge on any atom is 0.272 e. The number of pyridine rings is 1. The van der Waals surface area contributed by atoms with E-state index >= 15 is 0 Å². The number of nitro groups is 1. The molecule has 1 aromatic heterocycles. The van der Waals surface area contributed by atoms with E-state index in [0.717, 1.165) is 17.3 Å². The van der Waals surface area contributed by atoms with Crippen LogP contribution in [0.2, 0.25) is 0 Å². The minimum absolute atomic E-state index is 0.108. The second-order valence-corrected chi connectivity index (χ2v) is 4.43. The molecule has 20 heavy (non-hydrogen) atoms. The topological polar surface area (TPSA) is 68.1 Å². The van der Waals surface area contributed by atoms with Crippen LogP contribution in [0.4, 0.5) is 10.1 Å². The fourth-order valence-electron chi connectivity index (χ4n) is 1.95. The van der Waals surface area contributed by atoms with Crippen molar-refractivity contribution in [3.63, 3.8) is 0 Å². The molecule has 6 heteroatoms. The van der Waals surface area contributed by atoms with Gasteiger partial charge in [0.05, 0.1) is 11.1 Å². The molecule has 0 bridgehead atoms. The number of nitro benzene ring substituents is 1. The summed E-state index contributed by atoms with van der Waals surface area (Å²) in [6, 6.07) is 6.38. The van der Waals surface area contributed by atoms with E-state index in [1.807, 2.05) is 6.07 Å². The van der Waals surface area contributed by atoms with Crippen LogP contribution in [0.1, 0.15) is 16.7 Å². The lowest BCUT2D eigenvalue weighted by molar-refractivity contribution is -0.385. The zero-order valence-electron chi connectivity index (χ0n) is 11.0. The lowest BCUT2D eigenvalue weighted by Crippen LogP contribution is -2.14. The first-order valence-electron chi connectivity index (χ1n) is 6.11. The molecule has 1 heterocycles. The van der Waals surface area contributed by atoms with Gasteiger partial charge in [-0.3, -0.25) is 15.1 Å². The Labute approximate surface area is 115 Å². The summed E-state index contributed by atoms with van der Waals surface area (Å²) in [6.45, 7) is 2.65. The Morgan fingerprint density at radius 2 is 2.15 bits per heavy atom. The molecule has 0 aliphatic rings. The SMILES string of the molecule is Cc1c(CNCc2cncc(F)c2)cccc1[N+](=O)[O-]. The van der Waals surface area contributed by atoms with Crippen molar-refractivity contribution in [2.24, 2.45) is 0 Å². The molecule has 0 radical (unpaired) electrons. The van der Waals surface area contributed by atoms with Gasteiger partial charge in [0, 0.05) is 30.9 Å². The molecule has 0 unspecified atom stereocenters. The highest BCUT2D eigenvalue weighted by Crippen LogP contribution is 2.20. The predicted molar refractivity (Wildman–Crippen MR) is 72.6 cm³/mol. The Kier molecular flexibility index (Phi) is 4.37. The number of halogens is 1. The lowest BCUT2D eigenvalue weighted by atomic mass is 10.1. The van der Waals surface area contributed by atoms with Gasteiger partial charge in [-0.15, -0.1) is 0 Å². The highest BCUT2D eigenvalue weighted by Gasteiger charge is 2.12. The molecule has 0 fully saturated rings. The molecule has 0 atom stereocenters. The molecule has 5 nitrogen and oxygen atoms in total. The molecular formula is C14H14FN3O2. The van der Waals surface area contributed by atoms with Crippen LogP contribution in [-0.4, -0.2) is 9.91 Å². The minimum atomic E-state index is -0.394. The predicted octanol–water partition coefficient (Wildman–Crippen LogP) is 2.73. The third-order valence-electron chi connectivity index (χ3n) is 3.02. The van der Waals surface area contributed by atoms with Gasteiger partial charge in [0.15, 0.2) is 0 Å². The molecule has 0 spiro atoms. The monoisotopic (exact) mass is 275 g/mol. The van der Waals surface area contributed by atoms with Crippen LogP contribution in [-0.2, 0) is 13.1 Å². The van der Waals surface area contributed by atoms with Gasteiger partial charge < -0.3 is 5.32 Å². The van der Waals surface area contributed by atoms with E-state index in [4.69, 9.17) is 0 Å². The van der Waals surface area contributed by atoms with E-state index in [1.54, 1.807) is 19.2 Å². The van der Waals surface area contributed by atoms with Crippen molar-refractivity contribution in [1.29, 1.82) is 0 Å². The Morgan fingerprint density at radius 1 is 1.35 bits per heavy atom. The molecule has 0 aliphatic heterocycles. The van der Waals surface area contributed by atoms with Crippen molar-refractivity contribution in [1.82, 2.24) is 10.3 Å². The van der Waals surface area contributed by atoms with Gasteiger partial charge in [0.2, 0.25) is 0 Å². The summed E-state index contributed by atoms with van der Waals surface area (Å²) in [7, 11) is 0. The first-order valence-corrected chi connectivity index (χ1v) is 6.11. The van der Waals surface area contributed by atoms with Crippen LogP contribution in [0.5, 0.6) is 0 Å². The van der Waals surface area contributed by atoms with Crippen molar-refractivity contribution in [3.8, 4) is 0 Å². The number of aromatic nitrogens is 1. The Balaban J connectivity index is 2.01. The number of hydrogen-bond donors (Lipinski definition) is 1. The van der Waals surface area contributed by atoms with Gasteiger partial charge in [0.25, 0.3) is 5.69 Å². The van der Waals surface area contributed by atoms with Crippen LogP contribution in [0, 0.1) is 22.9 Å². The quantitative estimate of drug-likeness (QED) is 0.673. The van der Waals surface area contributed by atoms with Gasteiger partial charge >= 0.3 is 0 Å². The zero-order valence-corrected chi connectivity index (χ0v) is 11.0. The first kappa shape index (κ1) is 14.1. The maximum atomic E-state index is 13.0. The number of rotatable bonds is 5. The fraction of sp³-hybridized carbons (Fsp3) is 0.214. The molecule has 0 amide bonds. The largest absolute Gasteiger partial charge is 0.309 e. The van der Waals surface area contributed by atoms with Crippen molar-refractivity contribution < 1.29 is 9.31 Å². The van der Waals surface area contributed by atoms with Crippen LogP contribution in [0.15, 0.2) is 36.7 Å². The second-order valence-electron chi connectivity index (χ2n) is 4.43. The van der Waals surface area contributed by atoms with E-state index in [1.165, 1.54) is 12.1 Å². The molecule has 104 valence electrons. The van der Waals surface area contributed by atoms with Crippen LogP contribution in [0.25, 0.3) is 0 Å². The van der Waals surface area contributed by atoms with Crippen LogP contribution < -0.4 is 5.32 Å². The van der Waals surface area contributed by atoms with E-state index < -0.39 is 4.92 Å². The standard InChI is InChI=1S/C14H14FN3O2/c1-10-12(3-2-4-14(10)18(19)20)8-16-6-11-5-13(15)9-17-7-11/h2-5,7,9,16H,6,8H2,1H3. The summed E-state index contributed by atoms with van der Waals surface area (Å²) >= 11 is 0. The molecule has 1 N–H and O–H groups in total. The van der Waals surface area contributed by atoms with E-state index in [-0.39, 0.29) is 11.5 Å². The summed E-state index contributed by atoms with van der Waals surface area (Å²) < 4.78 is 13.0. The molecule has 1 aromatic carbocycles. The van der Waals surface area contributed by atoms with Gasteiger partial charge in [-0.2, -0.15) is 0 Å². The number of benzene rings is 1. The Bertz CT molecular complexity index is 632. The maximum absolute atomic E-state index is 13.0. The molecule has 2 rings (SSSR count). The highest BCUT2D eigenvalue weighted by atomic mass is 19.1. The Morgan fingerprint density at radius 3 is 2.85 bits per heavy atom. The number of nitrogens with zero attached hydrogens (tertiary/aromatic N) is 2. The van der Waals surface area contributed by atoms with Crippen molar-refractivity contribution in [2.75, 3.05) is 0 Å². The summed E-state index contributed by atoms with van der Waals surface area (Å²) in [4.78, 5) is 14.2. The van der Waals surface area contributed by atoms with Gasteiger partial charge in [-0.1, -0.05) is 12.1 Å². The summed E-state index contributed by atoms with van der Waals surface area (Å²) in [6.07, 6.45) is 2.73.